The van der Waals surface area contributed by atoms with Crippen LogP contribution in [-0.4, -0.2) is 49.5 Å². The molecule has 4 aromatic rings. The SMILES string of the molecule is Cn1nc(-c2ccc(N3C[C@@H]4C(CF)[C@@H]4C3)nc2)nc1Nc1ccc(-c2ccnc(N)n2)c(F)c1. The number of nitrogen functional groups attached to an aromatic ring is 1. The Hall–Kier alpha value is -4.15. The number of rotatable bonds is 6. The number of alkyl halides is 1. The van der Waals surface area contributed by atoms with Crippen molar-refractivity contribution in [2.75, 3.05) is 35.7 Å². The summed E-state index contributed by atoms with van der Waals surface area (Å²) in [5, 5.41) is 7.57. The van der Waals surface area contributed by atoms with Crippen LogP contribution in [0, 0.1) is 23.6 Å². The zero-order chi connectivity index (χ0) is 24.1. The summed E-state index contributed by atoms with van der Waals surface area (Å²) in [7, 11) is 1.76. The van der Waals surface area contributed by atoms with Crippen molar-refractivity contribution in [3.8, 4) is 22.6 Å². The lowest BCUT2D eigenvalue weighted by molar-refractivity contribution is 0.420. The highest BCUT2D eigenvalue weighted by Crippen LogP contribution is 2.52. The maximum absolute atomic E-state index is 14.8. The molecule has 35 heavy (non-hydrogen) atoms. The normalized spacial score (nSPS) is 20.7. The van der Waals surface area contributed by atoms with E-state index in [0.717, 1.165) is 24.5 Å². The molecule has 1 aromatic carbocycles. The topological polar surface area (TPSA) is 111 Å². The first-order valence-corrected chi connectivity index (χ1v) is 11.3. The number of nitrogens with zero attached hydrogens (tertiary/aromatic N) is 7. The molecule has 1 saturated carbocycles. The summed E-state index contributed by atoms with van der Waals surface area (Å²) >= 11 is 0. The molecule has 3 atom stereocenters. The highest BCUT2D eigenvalue weighted by molar-refractivity contribution is 5.66. The van der Waals surface area contributed by atoms with E-state index in [-0.39, 0.29) is 18.5 Å². The van der Waals surface area contributed by atoms with Gasteiger partial charge in [0, 0.05) is 49.3 Å². The van der Waals surface area contributed by atoms with Crippen LogP contribution in [0.15, 0.2) is 48.8 Å². The summed E-state index contributed by atoms with van der Waals surface area (Å²) < 4.78 is 29.2. The molecular weight excluding hydrogens is 452 g/mol. The second kappa shape index (κ2) is 8.26. The van der Waals surface area contributed by atoms with E-state index < -0.39 is 5.82 Å². The Bertz CT molecular complexity index is 1380. The minimum absolute atomic E-state index is 0.0840. The van der Waals surface area contributed by atoms with Crippen LogP contribution in [0.5, 0.6) is 0 Å². The molecule has 178 valence electrons. The van der Waals surface area contributed by atoms with Crippen molar-refractivity contribution in [3.05, 3.63) is 54.6 Å². The van der Waals surface area contributed by atoms with Gasteiger partial charge in [-0.15, -0.1) is 5.10 Å². The summed E-state index contributed by atoms with van der Waals surface area (Å²) in [5.41, 5.74) is 7.63. The van der Waals surface area contributed by atoms with Crippen molar-refractivity contribution < 1.29 is 8.78 Å². The van der Waals surface area contributed by atoms with Gasteiger partial charge < -0.3 is 16.0 Å². The minimum atomic E-state index is -0.451. The Morgan fingerprint density at radius 3 is 2.60 bits per heavy atom. The molecule has 1 aliphatic carbocycles. The van der Waals surface area contributed by atoms with Gasteiger partial charge in [0.15, 0.2) is 5.82 Å². The molecule has 0 bridgehead atoms. The fraction of sp³-hybridized carbons (Fsp3) is 0.292. The van der Waals surface area contributed by atoms with E-state index in [1.54, 1.807) is 36.1 Å². The van der Waals surface area contributed by atoms with Crippen molar-refractivity contribution in [2.24, 2.45) is 24.8 Å². The predicted octanol–water partition coefficient (Wildman–Crippen LogP) is 3.45. The van der Waals surface area contributed by atoms with E-state index in [1.165, 1.54) is 12.3 Å². The van der Waals surface area contributed by atoms with Gasteiger partial charge in [-0.25, -0.2) is 24.0 Å². The standard InChI is InChI=1S/C24H23F2N9/c1-34-24(30-14-3-4-15(19(26)8-14)20-6-7-28-23(27)31-20)32-22(33-34)13-2-5-21(29-10-13)35-11-17-16(9-25)18(17)12-35/h2-8,10,16-18H,9,11-12H2,1H3,(H2,27,28,31)(H,30,32,33)/t16?,17-,18+. The number of nitrogens with two attached hydrogens (primary N) is 1. The quantitative estimate of drug-likeness (QED) is 0.436. The fourth-order valence-electron chi connectivity index (χ4n) is 4.84. The summed E-state index contributed by atoms with van der Waals surface area (Å²) in [6.07, 6.45) is 3.23. The summed E-state index contributed by atoms with van der Waals surface area (Å²) in [5.74, 6) is 2.65. The van der Waals surface area contributed by atoms with Crippen LogP contribution >= 0.6 is 0 Å². The Morgan fingerprint density at radius 2 is 1.91 bits per heavy atom. The molecule has 0 amide bonds. The minimum Gasteiger partial charge on any atom is -0.368 e. The van der Waals surface area contributed by atoms with Crippen LogP contribution in [0.2, 0.25) is 0 Å². The third-order valence-corrected chi connectivity index (χ3v) is 6.82. The van der Waals surface area contributed by atoms with E-state index >= 15 is 0 Å². The monoisotopic (exact) mass is 475 g/mol. The van der Waals surface area contributed by atoms with Gasteiger partial charge in [-0.3, -0.25) is 4.39 Å². The molecular formula is C24H23F2N9. The fourth-order valence-corrected chi connectivity index (χ4v) is 4.84. The van der Waals surface area contributed by atoms with Crippen molar-refractivity contribution >= 4 is 23.4 Å². The van der Waals surface area contributed by atoms with Gasteiger partial charge >= 0.3 is 0 Å². The Labute approximate surface area is 200 Å². The van der Waals surface area contributed by atoms with E-state index in [1.807, 2.05) is 12.1 Å². The molecule has 11 heteroatoms. The van der Waals surface area contributed by atoms with Gasteiger partial charge in [-0.2, -0.15) is 4.98 Å². The van der Waals surface area contributed by atoms with E-state index in [2.05, 4.69) is 35.3 Å². The van der Waals surface area contributed by atoms with Crippen LogP contribution in [0.25, 0.3) is 22.6 Å². The molecule has 3 N–H and O–H groups in total. The van der Waals surface area contributed by atoms with Crippen LogP contribution in [0.3, 0.4) is 0 Å². The number of hydrogen-bond donors (Lipinski definition) is 2. The zero-order valence-corrected chi connectivity index (χ0v) is 18.9. The van der Waals surface area contributed by atoms with Crippen LogP contribution in [0.4, 0.5) is 32.2 Å². The lowest BCUT2D eigenvalue weighted by atomic mass is 10.1. The number of aryl methyl sites for hydroxylation is 1. The zero-order valence-electron chi connectivity index (χ0n) is 18.9. The van der Waals surface area contributed by atoms with Crippen LogP contribution in [-0.2, 0) is 7.05 Å². The molecule has 0 radical (unpaired) electrons. The summed E-state index contributed by atoms with van der Waals surface area (Å²) in [6, 6.07) is 10.2. The second-order valence-electron chi connectivity index (χ2n) is 8.96. The predicted molar refractivity (Wildman–Crippen MR) is 128 cm³/mol. The van der Waals surface area contributed by atoms with E-state index in [4.69, 9.17) is 5.73 Å². The number of anilines is 4. The number of fused-ring (bicyclic) bond motifs is 1. The molecule has 0 spiro atoms. The van der Waals surface area contributed by atoms with Crippen molar-refractivity contribution in [3.63, 3.8) is 0 Å². The van der Waals surface area contributed by atoms with Gasteiger partial charge in [0.25, 0.3) is 0 Å². The van der Waals surface area contributed by atoms with E-state index in [0.29, 0.717) is 40.6 Å². The summed E-state index contributed by atoms with van der Waals surface area (Å²) in [4.78, 5) is 19.2. The maximum atomic E-state index is 14.8. The van der Waals surface area contributed by atoms with Crippen molar-refractivity contribution in [1.82, 2.24) is 29.7 Å². The third-order valence-electron chi connectivity index (χ3n) is 6.82. The van der Waals surface area contributed by atoms with E-state index in [9.17, 15) is 8.78 Å². The molecule has 2 aliphatic rings. The number of nitrogens with one attached hydrogen (secondary N) is 1. The second-order valence-corrected chi connectivity index (χ2v) is 8.96. The van der Waals surface area contributed by atoms with Gasteiger partial charge in [-0.05, 0) is 54.2 Å². The number of halogens is 2. The van der Waals surface area contributed by atoms with Gasteiger partial charge in [0.2, 0.25) is 11.9 Å². The number of benzene rings is 1. The number of piperidine rings is 1. The Kier molecular flexibility index (Phi) is 5.05. The largest absolute Gasteiger partial charge is 0.368 e. The molecule has 6 rings (SSSR count). The average molecular weight is 476 g/mol. The van der Waals surface area contributed by atoms with Crippen molar-refractivity contribution in [1.29, 1.82) is 0 Å². The average Bonchev–Trinajstić information content (AvgIpc) is 3.13. The molecule has 2 fully saturated rings. The molecule has 1 saturated heterocycles. The lowest BCUT2D eigenvalue weighted by Crippen LogP contribution is -2.25. The maximum Gasteiger partial charge on any atom is 0.225 e. The summed E-state index contributed by atoms with van der Waals surface area (Å²) in [6.45, 7) is 1.51. The van der Waals surface area contributed by atoms with Crippen LogP contribution < -0.4 is 16.0 Å². The van der Waals surface area contributed by atoms with Gasteiger partial charge in [0.1, 0.15) is 11.6 Å². The Morgan fingerprint density at radius 1 is 1.09 bits per heavy atom. The number of hydrogen-bond acceptors (Lipinski definition) is 8. The molecule has 1 aliphatic heterocycles. The molecule has 1 unspecified atom stereocenters. The van der Waals surface area contributed by atoms with Gasteiger partial charge in [0.05, 0.1) is 12.4 Å². The Balaban J connectivity index is 1.16. The highest BCUT2D eigenvalue weighted by Gasteiger charge is 2.55. The molecule has 4 heterocycles. The van der Waals surface area contributed by atoms with Crippen molar-refractivity contribution in [2.45, 2.75) is 0 Å². The number of pyridine rings is 1. The first-order valence-electron chi connectivity index (χ1n) is 11.3. The van der Waals surface area contributed by atoms with Gasteiger partial charge in [-0.1, -0.05) is 0 Å². The number of aromatic nitrogens is 6. The lowest BCUT2D eigenvalue weighted by Gasteiger charge is -2.20. The first kappa shape index (κ1) is 21.4. The molecule has 9 nitrogen and oxygen atoms in total. The smallest absolute Gasteiger partial charge is 0.225 e. The van der Waals surface area contributed by atoms with Crippen LogP contribution in [0.1, 0.15) is 0 Å². The highest BCUT2D eigenvalue weighted by atomic mass is 19.1. The third kappa shape index (κ3) is 3.92. The first-order chi connectivity index (χ1) is 17.0. The molecule has 3 aromatic heterocycles.